The lowest BCUT2D eigenvalue weighted by molar-refractivity contribution is -0.384. The highest BCUT2D eigenvalue weighted by atomic mass is 16.6. The lowest BCUT2D eigenvalue weighted by Gasteiger charge is -2.32. The minimum atomic E-state index is -0.757. The van der Waals surface area contributed by atoms with Gasteiger partial charge in [-0.1, -0.05) is 30.3 Å². The maximum Gasteiger partial charge on any atom is 0.411 e. The minimum Gasteiger partial charge on any atom is -0.444 e. The van der Waals surface area contributed by atoms with Crippen molar-refractivity contribution < 1.29 is 19.2 Å². The summed E-state index contributed by atoms with van der Waals surface area (Å²) in [4.78, 5) is 37.4. The lowest BCUT2D eigenvalue weighted by Crippen LogP contribution is -2.42. The molecule has 1 heterocycles. The molecule has 1 aliphatic heterocycles. The summed E-state index contributed by atoms with van der Waals surface area (Å²) in [7, 11) is 0. The van der Waals surface area contributed by atoms with E-state index in [1.807, 2.05) is 6.07 Å². The summed E-state index contributed by atoms with van der Waals surface area (Å²) < 4.78 is 5.50. The van der Waals surface area contributed by atoms with Gasteiger partial charge in [-0.15, -0.1) is 0 Å². The molecule has 1 atom stereocenters. The Hall–Kier alpha value is -3.42. The molecule has 2 amide bonds. The number of hydrogen-bond donors (Lipinski definition) is 1. The first-order valence-electron chi connectivity index (χ1n) is 8.78. The Balaban J connectivity index is 2.18. The van der Waals surface area contributed by atoms with E-state index in [0.29, 0.717) is 16.8 Å². The van der Waals surface area contributed by atoms with Crippen LogP contribution in [0.2, 0.25) is 0 Å². The number of benzene rings is 2. The Labute approximate surface area is 162 Å². The van der Waals surface area contributed by atoms with Crippen LogP contribution in [0, 0.1) is 10.1 Å². The molecule has 8 heteroatoms. The second-order valence-electron chi connectivity index (χ2n) is 7.50. The fourth-order valence-electron chi connectivity index (χ4n) is 3.09. The van der Waals surface area contributed by atoms with Gasteiger partial charge in [-0.2, -0.15) is 0 Å². The summed E-state index contributed by atoms with van der Waals surface area (Å²) in [5.41, 5.74) is 0.714. The van der Waals surface area contributed by atoms with E-state index in [-0.39, 0.29) is 12.2 Å². The number of rotatable bonds is 2. The summed E-state index contributed by atoms with van der Waals surface area (Å²) >= 11 is 0. The van der Waals surface area contributed by atoms with E-state index in [4.69, 9.17) is 4.74 Å². The maximum atomic E-state index is 12.9. The summed E-state index contributed by atoms with van der Waals surface area (Å²) in [6, 6.07) is 12.5. The van der Waals surface area contributed by atoms with Gasteiger partial charge in [0.15, 0.2) is 0 Å². The van der Waals surface area contributed by atoms with Crippen LogP contribution in [0.25, 0.3) is 0 Å². The second kappa shape index (κ2) is 7.30. The highest BCUT2D eigenvalue weighted by Crippen LogP contribution is 2.38. The van der Waals surface area contributed by atoms with Crippen LogP contribution in [0.4, 0.5) is 16.2 Å². The number of nitro benzene ring substituents is 1. The number of hydrogen-bond acceptors (Lipinski definition) is 5. The lowest BCUT2D eigenvalue weighted by atomic mass is 9.95. The normalized spacial score (nSPS) is 16.6. The number of nitro groups is 1. The zero-order valence-electron chi connectivity index (χ0n) is 15.8. The molecule has 0 fully saturated rings. The largest absolute Gasteiger partial charge is 0.444 e. The molecule has 0 spiro atoms. The number of non-ortho nitro benzene ring substituents is 1. The molecule has 0 saturated carbocycles. The molecule has 28 heavy (non-hydrogen) atoms. The minimum absolute atomic E-state index is 0.125. The van der Waals surface area contributed by atoms with Crippen LogP contribution in [-0.2, 0) is 9.53 Å². The van der Waals surface area contributed by atoms with Crippen molar-refractivity contribution in [2.75, 3.05) is 11.9 Å². The fraction of sp³-hybridized carbons (Fsp3) is 0.300. The third-order valence-electron chi connectivity index (χ3n) is 4.18. The molecule has 8 nitrogen and oxygen atoms in total. The molecule has 0 radical (unpaired) electrons. The van der Waals surface area contributed by atoms with Gasteiger partial charge in [0.1, 0.15) is 12.1 Å². The van der Waals surface area contributed by atoms with Crippen molar-refractivity contribution >= 4 is 23.4 Å². The van der Waals surface area contributed by atoms with E-state index in [9.17, 15) is 19.7 Å². The van der Waals surface area contributed by atoms with Gasteiger partial charge in [0, 0.05) is 23.4 Å². The van der Waals surface area contributed by atoms with Crippen molar-refractivity contribution in [3.05, 3.63) is 69.8 Å². The van der Waals surface area contributed by atoms with Gasteiger partial charge in [0.2, 0.25) is 5.91 Å². The summed E-state index contributed by atoms with van der Waals surface area (Å²) in [6.45, 7) is 4.97. The van der Waals surface area contributed by atoms with Crippen LogP contribution in [0.3, 0.4) is 0 Å². The van der Waals surface area contributed by atoms with E-state index in [1.165, 1.54) is 23.1 Å². The van der Waals surface area contributed by atoms with Gasteiger partial charge in [0.05, 0.1) is 11.0 Å². The van der Waals surface area contributed by atoms with Gasteiger partial charge in [0.25, 0.3) is 5.69 Å². The third-order valence-corrected chi connectivity index (χ3v) is 4.18. The highest BCUT2D eigenvalue weighted by molar-refractivity contribution is 5.96. The molecule has 1 unspecified atom stereocenters. The number of carbonyl (C=O) groups excluding carboxylic acids is 2. The van der Waals surface area contributed by atoms with Crippen molar-refractivity contribution in [3.8, 4) is 0 Å². The molecule has 2 aromatic rings. The van der Waals surface area contributed by atoms with Gasteiger partial charge >= 0.3 is 6.09 Å². The molecule has 0 saturated heterocycles. The van der Waals surface area contributed by atoms with Gasteiger partial charge in [-0.3, -0.25) is 19.8 Å². The van der Waals surface area contributed by atoms with E-state index in [1.54, 1.807) is 45.0 Å². The molecule has 1 aliphatic rings. The Morgan fingerprint density at radius 1 is 1.21 bits per heavy atom. The molecule has 3 rings (SSSR count). The Morgan fingerprint density at radius 3 is 2.50 bits per heavy atom. The van der Waals surface area contributed by atoms with Crippen LogP contribution in [-0.4, -0.2) is 34.0 Å². The van der Waals surface area contributed by atoms with Crippen molar-refractivity contribution in [1.29, 1.82) is 0 Å². The van der Waals surface area contributed by atoms with Crippen LogP contribution in [0.5, 0.6) is 0 Å². The highest BCUT2D eigenvalue weighted by Gasteiger charge is 2.36. The van der Waals surface area contributed by atoms with Crippen LogP contribution < -0.4 is 5.32 Å². The number of nitrogens with zero attached hydrogens (tertiary/aromatic N) is 2. The number of fused-ring (bicyclic) bond motifs is 1. The first kappa shape index (κ1) is 19.3. The van der Waals surface area contributed by atoms with Crippen molar-refractivity contribution in [3.63, 3.8) is 0 Å². The second-order valence-corrected chi connectivity index (χ2v) is 7.50. The SMILES string of the molecule is CC(C)(C)OC(=O)N1CC(=O)Nc2ccc([N+](=O)[O-])cc2C1c1ccccc1. The zero-order valence-corrected chi connectivity index (χ0v) is 15.8. The van der Waals surface area contributed by atoms with Gasteiger partial charge in [-0.25, -0.2) is 4.79 Å². The summed E-state index contributed by atoms with van der Waals surface area (Å²) in [5, 5.41) is 14.0. The predicted molar refractivity (Wildman–Crippen MR) is 103 cm³/mol. The van der Waals surface area contributed by atoms with E-state index in [0.717, 1.165) is 0 Å². The fourth-order valence-corrected chi connectivity index (χ4v) is 3.09. The van der Waals surface area contributed by atoms with Crippen LogP contribution >= 0.6 is 0 Å². The molecule has 1 N–H and O–H groups in total. The monoisotopic (exact) mass is 383 g/mol. The quantitative estimate of drug-likeness (QED) is 0.626. The number of anilines is 1. The smallest absolute Gasteiger partial charge is 0.411 e. The molecule has 146 valence electrons. The average molecular weight is 383 g/mol. The molecule has 0 aliphatic carbocycles. The molecule has 0 aromatic heterocycles. The first-order chi connectivity index (χ1) is 13.2. The molecular weight excluding hydrogens is 362 g/mol. The summed E-state index contributed by atoms with van der Waals surface area (Å²) in [6.07, 6.45) is -0.671. The number of nitrogens with one attached hydrogen (secondary N) is 1. The molecule has 2 aromatic carbocycles. The van der Waals surface area contributed by atoms with Crippen molar-refractivity contribution in [2.45, 2.75) is 32.4 Å². The van der Waals surface area contributed by atoms with Gasteiger partial charge in [-0.05, 0) is 32.4 Å². The summed E-state index contributed by atoms with van der Waals surface area (Å²) in [5.74, 6) is -0.403. The van der Waals surface area contributed by atoms with Gasteiger partial charge < -0.3 is 10.1 Å². The van der Waals surface area contributed by atoms with E-state index in [2.05, 4.69) is 5.32 Å². The number of ether oxygens (including phenoxy) is 1. The Bertz CT molecular complexity index is 921. The number of carbonyl (C=O) groups is 2. The zero-order chi connectivity index (χ0) is 20.5. The molecule has 0 bridgehead atoms. The number of amides is 2. The molecular formula is C20H21N3O5. The van der Waals surface area contributed by atoms with E-state index >= 15 is 0 Å². The third kappa shape index (κ3) is 4.11. The van der Waals surface area contributed by atoms with Crippen LogP contribution in [0.1, 0.15) is 37.9 Å². The Kier molecular flexibility index (Phi) is 5.04. The van der Waals surface area contributed by atoms with E-state index < -0.39 is 28.6 Å². The standard InChI is InChI=1S/C20H21N3O5/c1-20(2,3)28-19(25)22-12-17(24)21-16-10-9-14(23(26)27)11-15(16)18(22)13-7-5-4-6-8-13/h4-11,18H,12H2,1-3H3,(H,21,24). The Morgan fingerprint density at radius 2 is 1.89 bits per heavy atom. The van der Waals surface area contributed by atoms with Crippen LogP contribution in [0.15, 0.2) is 48.5 Å². The first-order valence-corrected chi connectivity index (χ1v) is 8.78. The van der Waals surface area contributed by atoms with Crippen molar-refractivity contribution in [2.24, 2.45) is 0 Å². The maximum absolute atomic E-state index is 12.9. The van der Waals surface area contributed by atoms with Crippen molar-refractivity contribution in [1.82, 2.24) is 4.90 Å². The predicted octanol–water partition coefficient (Wildman–Crippen LogP) is 3.87. The topological polar surface area (TPSA) is 102 Å². The average Bonchev–Trinajstić information content (AvgIpc) is 2.76.